The third-order valence-corrected chi connectivity index (χ3v) is 7.81. The van der Waals surface area contributed by atoms with E-state index in [4.69, 9.17) is 18.9 Å². The average Bonchev–Trinajstić information content (AvgIpc) is 3.11. The van der Waals surface area contributed by atoms with Crippen LogP contribution in [-0.2, 0) is 14.8 Å². The van der Waals surface area contributed by atoms with Crippen molar-refractivity contribution in [3.63, 3.8) is 0 Å². The van der Waals surface area contributed by atoms with Gasteiger partial charge in [0.25, 0.3) is 5.91 Å². The number of benzene rings is 2. The van der Waals surface area contributed by atoms with Crippen LogP contribution >= 0.6 is 0 Å². The van der Waals surface area contributed by atoms with Gasteiger partial charge in [-0.15, -0.1) is 0 Å². The second kappa shape index (κ2) is 10.3. The molecule has 1 saturated heterocycles. The number of carbonyl (C=O) groups is 1. The van der Waals surface area contributed by atoms with Crippen LogP contribution in [0, 0.1) is 0 Å². The third-order valence-electron chi connectivity index (χ3n) is 5.92. The topological polar surface area (TPSA) is 94.6 Å². The van der Waals surface area contributed by atoms with Gasteiger partial charge in [-0.05, 0) is 63.6 Å². The van der Waals surface area contributed by atoms with E-state index in [9.17, 15) is 13.2 Å². The van der Waals surface area contributed by atoms with E-state index in [1.165, 1.54) is 16.4 Å². The molecule has 0 aliphatic carbocycles. The van der Waals surface area contributed by atoms with Gasteiger partial charge in [-0.1, -0.05) is 0 Å². The molecule has 35 heavy (non-hydrogen) atoms. The number of rotatable bonds is 7. The van der Waals surface area contributed by atoms with E-state index in [2.05, 4.69) is 0 Å². The maximum Gasteiger partial charge on any atom is 0.266 e. The Kier molecular flexibility index (Phi) is 7.42. The molecule has 2 aromatic rings. The standard InChI is InChI=1S/C25H32N2O7S/c1-4-31-19-6-8-20(9-7-19)34-25(2,3)24(28)26-12-5-13-27(15-14-26)35(29,30)21-10-11-22-23(18-21)33-17-16-32-22/h6-11,18H,4-5,12-17H2,1-3H3. The Balaban J connectivity index is 1.41. The average molecular weight is 505 g/mol. The van der Waals surface area contributed by atoms with Crippen LogP contribution in [0.3, 0.4) is 0 Å². The van der Waals surface area contributed by atoms with E-state index >= 15 is 0 Å². The van der Waals surface area contributed by atoms with Crippen molar-refractivity contribution in [3.8, 4) is 23.0 Å². The highest BCUT2D eigenvalue weighted by Gasteiger charge is 2.36. The lowest BCUT2D eigenvalue weighted by Crippen LogP contribution is -2.50. The predicted octanol–water partition coefficient (Wildman–Crippen LogP) is 2.94. The van der Waals surface area contributed by atoms with Crippen molar-refractivity contribution in [1.29, 1.82) is 0 Å². The maximum absolute atomic E-state index is 13.3. The summed E-state index contributed by atoms with van der Waals surface area (Å²) in [5.74, 6) is 2.07. The normalized spacial score (nSPS) is 16.9. The lowest BCUT2D eigenvalue weighted by Gasteiger charge is -2.31. The fourth-order valence-corrected chi connectivity index (χ4v) is 5.65. The van der Waals surface area contributed by atoms with Crippen LogP contribution < -0.4 is 18.9 Å². The smallest absolute Gasteiger partial charge is 0.266 e. The number of sulfonamides is 1. The highest BCUT2D eigenvalue weighted by atomic mass is 32.2. The summed E-state index contributed by atoms with van der Waals surface area (Å²) in [7, 11) is -3.74. The summed E-state index contributed by atoms with van der Waals surface area (Å²) < 4.78 is 50.5. The molecule has 0 saturated carbocycles. The first-order valence-corrected chi connectivity index (χ1v) is 13.3. The summed E-state index contributed by atoms with van der Waals surface area (Å²) in [4.78, 5) is 15.1. The van der Waals surface area contributed by atoms with Crippen LogP contribution in [0.25, 0.3) is 0 Å². The van der Waals surface area contributed by atoms with Crippen LogP contribution in [0.15, 0.2) is 47.4 Å². The molecule has 0 bridgehead atoms. The summed E-state index contributed by atoms with van der Waals surface area (Å²) in [6.45, 7) is 7.99. The van der Waals surface area contributed by atoms with Crippen molar-refractivity contribution in [2.45, 2.75) is 37.7 Å². The zero-order valence-electron chi connectivity index (χ0n) is 20.4. The molecule has 4 rings (SSSR count). The molecule has 0 N–H and O–H groups in total. The summed E-state index contributed by atoms with van der Waals surface area (Å²) in [6.07, 6.45) is 0.522. The second-order valence-electron chi connectivity index (χ2n) is 8.87. The lowest BCUT2D eigenvalue weighted by atomic mass is 10.1. The first-order valence-electron chi connectivity index (χ1n) is 11.8. The van der Waals surface area contributed by atoms with E-state index in [1.807, 2.05) is 6.92 Å². The molecular formula is C25H32N2O7S. The molecule has 0 atom stereocenters. The highest BCUT2D eigenvalue weighted by Crippen LogP contribution is 2.33. The number of hydrogen-bond acceptors (Lipinski definition) is 7. The van der Waals surface area contributed by atoms with E-state index < -0.39 is 15.6 Å². The minimum absolute atomic E-state index is 0.153. The highest BCUT2D eigenvalue weighted by molar-refractivity contribution is 7.89. The van der Waals surface area contributed by atoms with Crippen molar-refractivity contribution >= 4 is 15.9 Å². The van der Waals surface area contributed by atoms with Gasteiger partial charge in [0.2, 0.25) is 10.0 Å². The molecule has 2 aliphatic heterocycles. The number of hydrogen-bond donors (Lipinski definition) is 0. The largest absolute Gasteiger partial charge is 0.494 e. The fraction of sp³-hybridized carbons (Fsp3) is 0.480. The van der Waals surface area contributed by atoms with Crippen LogP contribution in [0.5, 0.6) is 23.0 Å². The molecule has 190 valence electrons. The van der Waals surface area contributed by atoms with Gasteiger partial charge in [-0.3, -0.25) is 4.79 Å². The monoisotopic (exact) mass is 504 g/mol. The van der Waals surface area contributed by atoms with E-state index in [0.29, 0.717) is 56.6 Å². The molecular weight excluding hydrogens is 472 g/mol. The first kappa shape index (κ1) is 25.1. The van der Waals surface area contributed by atoms with E-state index in [-0.39, 0.29) is 23.9 Å². The second-order valence-corrected chi connectivity index (χ2v) is 10.8. The molecule has 2 aromatic carbocycles. The molecule has 1 amide bonds. The Morgan fingerprint density at radius 2 is 1.63 bits per heavy atom. The van der Waals surface area contributed by atoms with E-state index in [1.54, 1.807) is 49.1 Å². The zero-order chi connectivity index (χ0) is 25.1. The van der Waals surface area contributed by atoms with Gasteiger partial charge in [0.1, 0.15) is 24.7 Å². The lowest BCUT2D eigenvalue weighted by molar-refractivity contribution is -0.145. The minimum Gasteiger partial charge on any atom is -0.494 e. The molecule has 9 nitrogen and oxygen atoms in total. The van der Waals surface area contributed by atoms with Gasteiger partial charge >= 0.3 is 0 Å². The summed E-state index contributed by atoms with van der Waals surface area (Å²) in [6, 6.07) is 11.8. The van der Waals surface area contributed by atoms with E-state index in [0.717, 1.165) is 5.75 Å². The van der Waals surface area contributed by atoms with Crippen molar-refractivity contribution in [2.24, 2.45) is 0 Å². The van der Waals surface area contributed by atoms with Gasteiger partial charge in [0, 0.05) is 32.2 Å². The van der Waals surface area contributed by atoms with Crippen molar-refractivity contribution < 1.29 is 32.2 Å². The zero-order valence-corrected chi connectivity index (χ0v) is 21.2. The number of fused-ring (bicyclic) bond motifs is 1. The third kappa shape index (κ3) is 5.65. The SMILES string of the molecule is CCOc1ccc(OC(C)(C)C(=O)N2CCCN(S(=O)(=O)c3ccc4c(c3)OCCO4)CC2)cc1. The van der Waals surface area contributed by atoms with Crippen LogP contribution in [0.4, 0.5) is 0 Å². The van der Waals surface area contributed by atoms with Gasteiger partial charge in [0.05, 0.1) is 11.5 Å². The van der Waals surface area contributed by atoms with Gasteiger partial charge in [0.15, 0.2) is 17.1 Å². The Morgan fingerprint density at radius 1 is 0.943 bits per heavy atom. The molecule has 10 heteroatoms. The van der Waals surface area contributed by atoms with Gasteiger partial charge in [-0.2, -0.15) is 4.31 Å². The quantitative estimate of drug-likeness (QED) is 0.572. The van der Waals surface area contributed by atoms with Crippen molar-refractivity contribution in [2.75, 3.05) is 46.0 Å². The minimum atomic E-state index is -3.74. The Hall–Kier alpha value is -2.98. The van der Waals surface area contributed by atoms with Crippen LogP contribution in [0.1, 0.15) is 27.2 Å². The van der Waals surface area contributed by atoms with Gasteiger partial charge in [-0.25, -0.2) is 8.42 Å². The molecule has 2 heterocycles. The molecule has 0 aromatic heterocycles. The Morgan fingerprint density at radius 3 is 2.34 bits per heavy atom. The maximum atomic E-state index is 13.3. The summed E-state index contributed by atoms with van der Waals surface area (Å²) in [5.41, 5.74) is -1.11. The molecule has 1 fully saturated rings. The number of amides is 1. The van der Waals surface area contributed by atoms with Crippen molar-refractivity contribution in [1.82, 2.24) is 9.21 Å². The predicted molar refractivity (Wildman–Crippen MR) is 130 cm³/mol. The molecule has 2 aliphatic rings. The summed E-state index contributed by atoms with van der Waals surface area (Å²) in [5, 5.41) is 0. The van der Waals surface area contributed by atoms with Crippen LogP contribution in [-0.4, -0.2) is 75.1 Å². The summed E-state index contributed by atoms with van der Waals surface area (Å²) >= 11 is 0. The number of ether oxygens (including phenoxy) is 4. The Bertz CT molecular complexity index is 1150. The molecule has 0 radical (unpaired) electrons. The molecule has 0 unspecified atom stereocenters. The number of carbonyl (C=O) groups excluding carboxylic acids is 1. The first-order chi connectivity index (χ1) is 16.7. The van der Waals surface area contributed by atoms with Crippen molar-refractivity contribution in [3.05, 3.63) is 42.5 Å². The fourth-order valence-electron chi connectivity index (χ4n) is 4.16. The van der Waals surface area contributed by atoms with Gasteiger partial charge < -0.3 is 23.8 Å². The molecule has 0 spiro atoms. The number of nitrogens with zero attached hydrogens (tertiary/aromatic N) is 2. The Labute approximate surface area is 206 Å². The van der Waals surface area contributed by atoms with Crippen LogP contribution in [0.2, 0.25) is 0 Å².